The van der Waals surface area contributed by atoms with Crippen LogP contribution in [0.5, 0.6) is 0 Å². The summed E-state index contributed by atoms with van der Waals surface area (Å²) in [4.78, 5) is 10.5. The van der Waals surface area contributed by atoms with Gasteiger partial charge in [-0.2, -0.15) is 0 Å². The van der Waals surface area contributed by atoms with Crippen molar-refractivity contribution in [3.8, 4) is 0 Å². The molecular formula is C9H9ClO. The summed E-state index contributed by atoms with van der Waals surface area (Å²) in [5, 5.41) is -0.101. The summed E-state index contributed by atoms with van der Waals surface area (Å²) in [7, 11) is 0. The molecule has 1 aromatic rings. The molecule has 0 aliphatic rings. The van der Waals surface area contributed by atoms with Gasteiger partial charge >= 0.3 is 0 Å². The highest BCUT2D eigenvalue weighted by Crippen LogP contribution is 2.21. The predicted molar refractivity (Wildman–Crippen MR) is 46.1 cm³/mol. The van der Waals surface area contributed by atoms with Crippen molar-refractivity contribution < 1.29 is 4.79 Å². The number of benzene rings is 1. The van der Waals surface area contributed by atoms with Crippen LogP contribution in [0.2, 0.25) is 0 Å². The van der Waals surface area contributed by atoms with Gasteiger partial charge in [0.15, 0.2) is 0 Å². The lowest BCUT2D eigenvalue weighted by Crippen LogP contribution is -1.91. The number of rotatable bonds is 2. The smallest absolute Gasteiger partial charge is 0.150 e. The number of hydrogen-bond donors (Lipinski definition) is 0. The first-order chi connectivity index (χ1) is 5.25. The van der Waals surface area contributed by atoms with Crippen LogP contribution in [0.4, 0.5) is 0 Å². The van der Waals surface area contributed by atoms with Crippen LogP contribution < -0.4 is 0 Å². The van der Waals surface area contributed by atoms with E-state index >= 15 is 0 Å². The second-order valence-corrected chi connectivity index (χ2v) is 3.02. The van der Waals surface area contributed by atoms with E-state index in [4.69, 9.17) is 11.6 Å². The van der Waals surface area contributed by atoms with E-state index in [-0.39, 0.29) is 5.38 Å². The minimum Gasteiger partial charge on any atom is -0.298 e. The van der Waals surface area contributed by atoms with Crippen LogP contribution in [0, 0.1) is 0 Å². The van der Waals surface area contributed by atoms with Crippen molar-refractivity contribution in [1.29, 1.82) is 0 Å². The topological polar surface area (TPSA) is 17.1 Å². The number of aldehydes is 1. The summed E-state index contributed by atoms with van der Waals surface area (Å²) in [6.07, 6.45) is 0.828. The molecule has 0 saturated heterocycles. The molecule has 2 heteroatoms. The largest absolute Gasteiger partial charge is 0.298 e. The van der Waals surface area contributed by atoms with E-state index in [1.54, 1.807) is 6.07 Å². The molecule has 0 radical (unpaired) electrons. The van der Waals surface area contributed by atoms with Gasteiger partial charge in [-0.1, -0.05) is 24.3 Å². The molecule has 0 amide bonds. The van der Waals surface area contributed by atoms with Crippen LogP contribution in [0.1, 0.15) is 28.2 Å². The van der Waals surface area contributed by atoms with Crippen LogP contribution in [0.3, 0.4) is 0 Å². The van der Waals surface area contributed by atoms with Crippen LogP contribution in [0.25, 0.3) is 0 Å². The van der Waals surface area contributed by atoms with Crippen LogP contribution in [-0.4, -0.2) is 6.29 Å². The molecule has 1 aromatic carbocycles. The highest BCUT2D eigenvalue weighted by Gasteiger charge is 2.04. The fraction of sp³-hybridized carbons (Fsp3) is 0.222. The van der Waals surface area contributed by atoms with Crippen LogP contribution >= 0.6 is 11.6 Å². The number of hydrogen-bond acceptors (Lipinski definition) is 1. The third-order valence-corrected chi connectivity index (χ3v) is 1.79. The minimum absolute atomic E-state index is 0.101. The lowest BCUT2D eigenvalue weighted by Gasteiger charge is -2.04. The molecule has 0 N–H and O–H groups in total. The van der Waals surface area contributed by atoms with Gasteiger partial charge in [-0.05, 0) is 12.5 Å². The van der Waals surface area contributed by atoms with Gasteiger partial charge in [0.05, 0.1) is 5.38 Å². The molecule has 0 aromatic heterocycles. The molecule has 1 unspecified atom stereocenters. The van der Waals surface area contributed by atoms with E-state index < -0.39 is 0 Å². The maximum atomic E-state index is 10.5. The molecule has 0 spiro atoms. The third-order valence-electron chi connectivity index (χ3n) is 1.55. The molecule has 0 aliphatic carbocycles. The van der Waals surface area contributed by atoms with Gasteiger partial charge in [-0.3, -0.25) is 4.79 Å². The average Bonchev–Trinajstić information content (AvgIpc) is 2.04. The maximum absolute atomic E-state index is 10.5. The van der Waals surface area contributed by atoms with Crippen molar-refractivity contribution in [2.75, 3.05) is 0 Å². The first-order valence-electron chi connectivity index (χ1n) is 3.44. The number of carbonyl (C=O) groups excluding carboxylic acids is 1. The highest BCUT2D eigenvalue weighted by atomic mass is 35.5. The molecule has 0 aliphatic heterocycles. The van der Waals surface area contributed by atoms with Gasteiger partial charge < -0.3 is 0 Å². The van der Waals surface area contributed by atoms with Crippen molar-refractivity contribution in [3.63, 3.8) is 0 Å². The maximum Gasteiger partial charge on any atom is 0.150 e. The standard InChI is InChI=1S/C9H9ClO/c1-7(10)9-5-3-2-4-8(9)6-11/h2-7H,1H3. The van der Waals surface area contributed by atoms with E-state index in [1.807, 2.05) is 25.1 Å². The Hall–Kier alpha value is -0.820. The Bertz CT molecular complexity index is 255. The molecule has 1 atom stereocenters. The van der Waals surface area contributed by atoms with Crippen molar-refractivity contribution >= 4 is 17.9 Å². The molecule has 1 rings (SSSR count). The summed E-state index contributed by atoms with van der Waals surface area (Å²) >= 11 is 5.83. The molecule has 0 fully saturated rings. The molecule has 11 heavy (non-hydrogen) atoms. The van der Waals surface area contributed by atoms with Gasteiger partial charge in [0, 0.05) is 5.56 Å². The minimum atomic E-state index is -0.101. The van der Waals surface area contributed by atoms with Gasteiger partial charge in [0.2, 0.25) is 0 Å². The average molecular weight is 169 g/mol. The molecule has 0 saturated carbocycles. The monoisotopic (exact) mass is 168 g/mol. The molecule has 58 valence electrons. The SMILES string of the molecule is CC(Cl)c1ccccc1C=O. The molecule has 1 nitrogen and oxygen atoms in total. The molecular weight excluding hydrogens is 160 g/mol. The van der Waals surface area contributed by atoms with Crippen molar-refractivity contribution in [3.05, 3.63) is 35.4 Å². The van der Waals surface area contributed by atoms with E-state index in [0.717, 1.165) is 11.8 Å². The van der Waals surface area contributed by atoms with Crippen LogP contribution in [0.15, 0.2) is 24.3 Å². The van der Waals surface area contributed by atoms with Gasteiger partial charge in [-0.25, -0.2) is 0 Å². The molecule has 0 bridgehead atoms. The normalized spacial score (nSPS) is 12.5. The third kappa shape index (κ3) is 1.81. The Balaban J connectivity index is 3.12. The zero-order valence-electron chi connectivity index (χ0n) is 6.25. The second-order valence-electron chi connectivity index (χ2n) is 2.36. The number of carbonyl (C=O) groups is 1. The number of halogens is 1. The Morgan fingerprint density at radius 3 is 2.55 bits per heavy atom. The lowest BCUT2D eigenvalue weighted by molar-refractivity contribution is 0.112. The Morgan fingerprint density at radius 1 is 1.45 bits per heavy atom. The van der Waals surface area contributed by atoms with E-state index in [0.29, 0.717) is 5.56 Å². The summed E-state index contributed by atoms with van der Waals surface area (Å²) in [6.45, 7) is 1.85. The summed E-state index contributed by atoms with van der Waals surface area (Å²) < 4.78 is 0. The van der Waals surface area contributed by atoms with Crippen molar-refractivity contribution in [2.45, 2.75) is 12.3 Å². The first kappa shape index (κ1) is 8.28. The summed E-state index contributed by atoms with van der Waals surface area (Å²) in [5.74, 6) is 0. The number of alkyl halides is 1. The second kappa shape index (κ2) is 3.54. The van der Waals surface area contributed by atoms with Crippen molar-refractivity contribution in [1.82, 2.24) is 0 Å². The summed E-state index contributed by atoms with van der Waals surface area (Å²) in [5.41, 5.74) is 1.57. The Labute approximate surface area is 71.0 Å². The van der Waals surface area contributed by atoms with E-state index in [1.165, 1.54) is 0 Å². The van der Waals surface area contributed by atoms with Crippen molar-refractivity contribution in [2.24, 2.45) is 0 Å². The highest BCUT2D eigenvalue weighted by molar-refractivity contribution is 6.21. The summed E-state index contributed by atoms with van der Waals surface area (Å²) in [6, 6.07) is 7.33. The van der Waals surface area contributed by atoms with Gasteiger partial charge in [0.1, 0.15) is 6.29 Å². The van der Waals surface area contributed by atoms with Gasteiger partial charge in [-0.15, -0.1) is 11.6 Å². The zero-order chi connectivity index (χ0) is 8.27. The molecule has 0 heterocycles. The van der Waals surface area contributed by atoms with Crippen LogP contribution in [-0.2, 0) is 0 Å². The first-order valence-corrected chi connectivity index (χ1v) is 3.87. The Kier molecular flexibility index (Phi) is 2.66. The zero-order valence-corrected chi connectivity index (χ0v) is 7.01. The predicted octanol–water partition coefficient (Wildman–Crippen LogP) is 2.80. The lowest BCUT2D eigenvalue weighted by atomic mass is 10.1. The van der Waals surface area contributed by atoms with E-state index in [9.17, 15) is 4.79 Å². The fourth-order valence-electron chi connectivity index (χ4n) is 0.980. The fourth-order valence-corrected chi connectivity index (χ4v) is 1.18. The quantitative estimate of drug-likeness (QED) is 0.490. The van der Waals surface area contributed by atoms with E-state index in [2.05, 4.69) is 0 Å². The Morgan fingerprint density at radius 2 is 2.09 bits per heavy atom. The van der Waals surface area contributed by atoms with Gasteiger partial charge in [0.25, 0.3) is 0 Å².